The van der Waals surface area contributed by atoms with Crippen LogP contribution in [0.15, 0.2) is 36.5 Å². The molecule has 2 aromatic rings. The topological polar surface area (TPSA) is 28.2 Å². The van der Waals surface area contributed by atoms with E-state index >= 15 is 0 Å². The molecule has 1 aliphatic heterocycles. The molecule has 0 amide bonds. The van der Waals surface area contributed by atoms with E-state index in [1.54, 1.807) is 0 Å². The molecule has 1 saturated heterocycles. The van der Waals surface area contributed by atoms with Crippen molar-refractivity contribution in [3.8, 4) is 0 Å². The number of rotatable bonds is 5. The predicted molar refractivity (Wildman–Crippen MR) is 93.0 cm³/mol. The fourth-order valence-electron chi connectivity index (χ4n) is 3.43. The second kappa shape index (κ2) is 7.21. The molecule has 0 unspecified atom stereocenters. The minimum Gasteiger partial charge on any atom is -0.314 e. The largest absolute Gasteiger partial charge is 0.314 e. The molecular formula is C19H27N3. The van der Waals surface area contributed by atoms with Gasteiger partial charge in [-0.1, -0.05) is 32.0 Å². The summed E-state index contributed by atoms with van der Waals surface area (Å²) in [6.07, 6.45) is 4.47. The Kier molecular flexibility index (Phi) is 5.06. The standard InChI is InChI=1S/C19H27N3/c1-15(2)7-8-19(22-13-11-20-12-14-22)17-9-10-21-18-6-4-3-5-16(17)18/h3-6,9-10,15,19-20H,7-8,11-14H2,1-2H3/t19-/m1/s1. The molecule has 2 heterocycles. The molecule has 0 saturated carbocycles. The lowest BCUT2D eigenvalue weighted by atomic mass is 9.93. The molecule has 3 nitrogen and oxygen atoms in total. The number of aromatic nitrogens is 1. The summed E-state index contributed by atoms with van der Waals surface area (Å²) in [5.74, 6) is 0.749. The minimum absolute atomic E-state index is 0.511. The molecule has 1 N–H and O–H groups in total. The fourth-order valence-corrected chi connectivity index (χ4v) is 3.43. The zero-order chi connectivity index (χ0) is 15.4. The Morgan fingerprint density at radius 3 is 2.64 bits per heavy atom. The Morgan fingerprint density at radius 1 is 1.09 bits per heavy atom. The van der Waals surface area contributed by atoms with Crippen LogP contribution in [0.2, 0.25) is 0 Å². The van der Waals surface area contributed by atoms with Crippen LogP contribution in [0.5, 0.6) is 0 Å². The van der Waals surface area contributed by atoms with Crippen molar-refractivity contribution in [1.82, 2.24) is 15.2 Å². The van der Waals surface area contributed by atoms with Crippen LogP contribution >= 0.6 is 0 Å². The summed E-state index contributed by atoms with van der Waals surface area (Å²) in [6.45, 7) is 9.11. The van der Waals surface area contributed by atoms with E-state index in [4.69, 9.17) is 0 Å². The molecule has 3 heteroatoms. The van der Waals surface area contributed by atoms with Gasteiger partial charge in [0.2, 0.25) is 0 Å². The monoisotopic (exact) mass is 297 g/mol. The van der Waals surface area contributed by atoms with Gasteiger partial charge in [-0.25, -0.2) is 0 Å². The van der Waals surface area contributed by atoms with Crippen LogP contribution < -0.4 is 5.32 Å². The number of piperazine rings is 1. The summed E-state index contributed by atoms with van der Waals surface area (Å²) < 4.78 is 0. The van der Waals surface area contributed by atoms with Crippen molar-refractivity contribution in [2.45, 2.75) is 32.7 Å². The highest BCUT2D eigenvalue weighted by Gasteiger charge is 2.23. The van der Waals surface area contributed by atoms with E-state index in [-0.39, 0.29) is 0 Å². The molecule has 0 aliphatic carbocycles. The molecule has 22 heavy (non-hydrogen) atoms. The molecule has 1 fully saturated rings. The van der Waals surface area contributed by atoms with Gasteiger partial charge >= 0.3 is 0 Å². The molecule has 0 spiro atoms. The Labute approximate surface area is 133 Å². The molecule has 1 atom stereocenters. The van der Waals surface area contributed by atoms with Crippen LogP contribution in [0, 0.1) is 5.92 Å². The van der Waals surface area contributed by atoms with Gasteiger partial charge in [0.1, 0.15) is 0 Å². The number of pyridine rings is 1. The van der Waals surface area contributed by atoms with E-state index in [0.29, 0.717) is 6.04 Å². The van der Waals surface area contributed by atoms with E-state index in [0.717, 1.165) is 37.6 Å². The third-order valence-electron chi connectivity index (χ3n) is 4.65. The fraction of sp³-hybridized carbons (Fsp3) is 0.526. The number of fused-ring (bicyclic) bond motifs is 1. The Bertz CT molecular complexity index is 597. The first kappa shape index (κ1) is 15.4. The zero-order valence-corrected chi connectivity index (χ0v) is 13.8. The Balaban J connectivity index is 1.95. The highest BCUT2D eigenvalue weighted by atomic mass is 15.2. The van der Waals surface area contributed by atoms with Crippen LogP contribution in [0.25, 0.3) is 10.9 Å². The molecule has 1 aromatic carbocycles. The summed E-state index contributed by atoms with van der Waals surface area (Å²) >= 11 is 0. The van der Waals surface area contributed by atoms with Crippen molar-refractivity contribution in [3.05, 3.63) is 42.1 Å². The lowest BCUT2D eigenvalue weighted by Gasteiger charge is -2.36. The summed E-state index contributed by atoms with van der Waals surface area (Å²) in [4.78, 5) is 7.19. The molecule has 3 rings (SSSR count). The molecule has 1 aliphatic rings. The van der Waals surface area contributed by atoms with Gasteiger partial charge in [0, 0.05) is 43.8 Å². The first-order valence-corrected chi connectivity index (χ1v) is 8.54. The van der Waals surface area contributed by atoms with Crippen molar-refractivity contribution in [1.29, 1.82) is 0 Å². The summed E-state index contributed by atoms with van der Waals surface area (Å²) in [5.41, 5.74) is 2.57. The average molecular weight is 297 g/mol. The number of nitrogens with one attached hydrogen (secondary N) is 1. The van der Waals surface area contributed by atoms with Crippen molar-refractivity contribution in [2.24, 2.45) is 5.92 Å². The quantitative estimate of drug-likeness (QED) is 0.913. The maximum Gasteiger partial charge on any atom is 0.0705 e. The van der Waals surface area contributed by atoms with E-state index in [1.807, 2.05) is 6.20 Å². The molecule has 0 bridgehead atoms. The van der Waals surface area contributed by atoms with Gasteiger partial charge in [-0.05, 0) is 36.5 Å². The molecule has 118 valence electrons. The van der Waals surface area contributed by atoms with Crippen LogP contribution in [0.3, 0.4) is 0 Å². The number of nitrogens with zero attached hydrogens (tertiary/aromatic N) is 2. The van der Waals surface area contributed by atoms with E-state index in [9.17, 15) is 0 Å². The zero-order valence-electron chi connectivity index (χ0n) is 13.8. The second-order valence-corrected chi connectivity index (χ2v) is 6.69. The SMILES string of the molecule is CC(C)CC[C@H](c1ccnc2ccccc12)N1CCNCC1. The Hall–Kier alpha value is -1.45. The van der Waals surface area contributed by atoms with Crippen molar-refractivity contribution in [3.63, 3.8) is 0 Å². The maximum absolute atomic E-state index is 4.53. The maximum atomic E-state index is 4.53. The van der Waals surface area contributed by atoms with Crippen LogP contribution in [-0.4, -0.2) is 36.1 Å². The Morgan fingerprint density at radius 2 is 1.86 bits per heavy atom. The van der Waals surface area contributed by atoms with Crippen molar-refractivity contribution in [2.75, 3.05) is 26.2 Å². The van der Waals surface area contributed by atoms with Crippen LogP contribution in [0.4, 0.5) is 0 Å². The molecular weight excluding hydrogens is 270 g/mol. The number of hydrogen-bond donors (Lipinski definition) is 1. The first-order chi connectivity index (χ1) is 10.8. The van der Waals surface area contributed by atoms with Gasteiger partial charge in [-0.2, -0.15) is 0 Å². The highest BCUT2D eigenvalue weighted by Crippen LogP contribution is 2.32. The lowest BCUT2D eigenvalue weighted by molar-refractivity contribution is 0.161. The minimum atomic E-state index is 0.511. The van der Waals surface area contributed by atoms with Gasteiger partial charge in [0.25, 0.3) is 0 Å². The highest BCUT2D eigenvalue weighted by molar-refractivity contribution is 5.82. The van der Waals surface area contributed by atoms with E-state index in [2.05, 4.69) is 59.4 Å². The molecule has 1 aromatic heterocycles. The van der Waals surface area contributed by atoms with Gasteiger partial charge < -0.3 is 5.32 Å². The second-order valence-electron chi connectivity index (χ2n) is 6.69. The van der Waals surface area contributed by atoms with Crippen LogP contribution in [0.1, 0.15) is 38.3 Å². The predicted octanol–water partition coefficient (Wildman–Crippen LogP) is 3.62. The summed E-state index contributed by atoms with van der Waals surface area (Å²) in [7, 11) is 0. The van der Waals surface area contributed by atoms with Gasteiger partial charge in [-0.3, -0.25) is 9.88 Å². The third-order valence-corrected chi connectivity index (χ3v) is 4.65. The van der Waals surface area contributed by atoms with Gasteiger partial charge in [0.05, 0.1) is 5.52 Å². The summed E-state index contributed by atoms with van der Waals surface area (Å²) in [6, 6.07) is 11.3. The molecule has 0 radical (unpaired) electrons. The summed E-state index contributed by atoms with van der Waals surface area (Å²) in [5, 5.41) is 4.79. The lowest BCUT2D eigenvalue weighted by Crippen LogP contribution is -2.45. The number of benzene rings is 1. The van der Waals surface area contributed by atoms with Gasteiger partial charge in [-0.15, -0.1) is 0 Å². The van der Waals surface area contributed by atoms with Gasteiger partial charge in [0.15, 0.2) is 0 Å². The van der Waals surface area contributed by atoms with Crippen molar-refractivity contribution >= 4 is 10.9 Å². The average Bonchev–Trinajstić information content (AvgIpc) is 2.56. The van der Waals surface area contributed by atoms with Crippen molar-refractivity contribution < 1.29 is 0 Å². The third kappa shape index (κ3) is 3.47. The normalized spacial score (nSPS) is 18.0. The number of hydrogen-bond acceptors (Lipinski definition) is 3. The smallest absolute Gasteiger partial charge is 0.0705 e. The number of para-hydroxylation sites is 1. The first-order valence-electron chi connectivity index (χ1n) is 8.54. The van der Waals surface area contributed by atoms with E-state index in [1.165, 1.54) is 23.8 Å². The van der Waals surface area contributed by atoms with E-state index < -0.39 is 0 Å². The van der Waals surface area contributed by atoms with Crippen LogP contribution in [-0.2, 0) is 0 Å².